The third-order valence-corrected chi connectivity index (χ3v) is 11.3. The number of likely N-dealkylation sites (tertiary alicyclic amines) is 1. The van der Waals surface area contributed by atoms with Crippen LogP contribution in [0.15, 0.2) is 86.0 Å². The average Bonchev–Trinajstić information content (AvgIpc) is 3.72. The third-order valence-electron chi connectivity index (χ3n) is 10.5. The topological polar surface area (TPSA) is 103 Å². The van der Waals surface area contributed by atoms with Gasteiger partial charge in [0.1, 0.15) is 11.6 Å². The van der Waals surface area contributed by atoms with Gasteiger partial charge in [0.05, 0.1) is 43.8 Å². The van der Waals surface area contributed by atoms with Crippen LogP contribution in [0.5, 0.6) is 0 Å². The zero-order valence-electron chi connectivity index (χ0n) is 27.9. The van der Waals surface area contributed by atoms with Crippen molar-refractivity contribution in [3.63, 3.8) is 0 Å². The minimum atomic E-state index is -1.25. The van der Waals surface area contributed by atoms with E-state index < -0.39 is 35.6 Å². The minimum absolute atomic E-state index is 0.204. The fourth-order valence-electron chi connectivity index (χ4n) is 8.27. The molecule has 4 heterocycles. The Kier molecular flexibility index (Phi) is 11.4. The fourth-order valence-corrected chi connectivity index (χ4v) is 9.21. The lowest BCUT2D eigenvalue weighted by molar-refractivity contribution is -0.152. The molecule has 4 aliphatic heterocycles. The smallest absolute Gasteiger partial charge is 0.248 e. The molecular weight excluding hydrogens is 688 g/mol. The maximum Gasteiger partial charge on any atom is 0.248 e. The van der Waals surface area contributed by atoms with Crippen LogP contribution in [0.25, 0.3) is 0 Å². The maximum atomic E-state index is 15.0. The highest BCUT2D eigenvalue weighted by molar-refractivity contribution is 9.09. The fraction of sp³-hybridized carbons (Fsp3) is 0.500. The number of nitrogens with zero attached hydrogens (tertiary/aromatic N) is 4. The number of morpholine rings is 1. The van der Waals surface area contributed by atoms with Gasteiger partial charge in [-0.25, -0.2) is 0 Å². The molecule has 49 heavy (non-hydrogen) atoms. The van der Waals surface area contributed by atoms with Crippen LogP contribution in [0.2, 0.25) is 0 Å². The molecule has 1 N–H and O–H groups in total. The van der Waals surface area contributed by atoms with Crippen molar-refractivity contribution < 1.29 is 29.0 Å². The van der Waals surface area contributed by atoms with E-state index in [4.69, 9.17) is 9.47 Å². The summed E-state index contributed by atoms with van der Waals surface area (Å²) >= 11 is 3.81. The number of aliphatic hydroxyl groups is 1. The Bertz CT molecular complexity index is 1490. The molecule has 0 radical (unpaired) electrons. The van der Waals surface area contributed by atoms with Crippen molar-refractivity contribution in [2.24, 2.45) is 11.8 Å². The molecule has 0 aromatic heterocycles. The van der Waals surface area contributed by atoms with E-state index in [-0.39, 0.29) is 29.2 Å². The summed E-state index contributed by atoms with van der Waals surface area (Å²) < 4.78 is 12.4. The minimum Gasteiger partial charge on any atom is -0.394 e. The lowest BCUT2D eigenvalue weighted by Gasteiger charge is -2.40. The number of benzene rings is 2. The molecule has 2 aromatic rings. The van der Waals surface area contributed by atoms with E-state index in [1.54, 1.807) is 26.9 Å². The Morgan fingerprint density at radius 1 is 0.980 bits per heavy atom. The second-order valence-electron chi connectivity index (χ2n) is 13.5. The molecule has 1 spiro atoms. The van der Waals surface area contributed by atoms with Crippen molar-refractivity contribution in [3.8, 4) is 0 Å². The largest absolute Gasteiger partial charge is 0.394 e. The van der Waals surface area contributed by atoms with Gasteiger partial charge in [-0.05, 0) is 24.0 Å². The Labute approximate surface area is 297 Å². The predicted octanol–water partition coefficient (Wildman–Crippen LogP) is 2.90. The van der Waals surface area contributed by atoms with Crippen LogP contribution in [0.4, 0.5) is 0 Å². The van der Waals surface area contributed by atoms with Crippen molar-refractivity contribution >= 4 is 33.7 Å². The summed E-state index contributed by atoms with van der Waals surface area (Å²) in [6.45, 7) is 12.4. The molecular formula is C38H47BrN4O6. The summed E-state index contributed by atoms with van der Waals surface area (Å²) in [4.78, 5) is 51.6. The number of aliphatic hydroxyl groups excluding tert-OH is 1. The predicted molar refractivity (Wildman–Crippen MR) is 190 cm³/mol. The summed E-state index contributed by atoms with van der Waals surface area (Å²) in [5.74, 6) is -2.47. The zero-order chi connectivity index (χ0) is 34.5. The van der Waals surface area contributed by atoms with Crippen LogP contribution in [0.3, 0.4) is 0 Å². The van der Waals surface area contributed by atoms with Gasteiger partial charge in [-0.3, -0.25) is 19.3 Å². The van der Waals surface area contributed by atoms with Crippen molar-refractivity contribution in [1.82, 2.24) is 19.6 Å². The molecule has 3 amide bonds. The second kappa shape index (κ2) is 15.7. The van der Waals surface area contributed by atoms with Crippen LogP contribution in [-0.4, -0.2) is 130 Å². The Morgan fingerprint density at radius 3 is 2.24 bits per heavy atom. The quantitative estimate of drug-likeness (QED) is 0.222. The monoisotopic (exact) mass is 734 g/mol. The normalized spacial score (nSPS) is 28.2. The first-order valence-electron chi connectivity index (χ1n) is 17.2. The molecule has 0 saturated carbocycles. The van der Waals surface area contributed by atoms with Gasteiger partial charge in [0.15, 0.2) is 0 Å². The molecule has 0 aliphatic carbocycles. The van der Waals surface area contributed by atoms with Crippen molar-refractivity contribution in [2.45, 2.75) is 48.0 Å². The van der Waals surface area contributed by atoms with Gasteiger partial charge in [0.2, 0.25) is 17.7 Å². The van der Waals surface area contributed by atoms with E-state index in [0.29, 0.717) is 58.8 Å². The summed E-state index contributed by atoms with van der Waals surface area (Å²) in [6, 6.07) is 17.6. The van der Waals surface area contributed by atoms with Crippen LogP contribution in [-0.2, 0) is 36.8 Å². The van der Waals surface area contributed by atoms with E-state index in [1.165, 1.54) is 0 Å². The van der Waals surface area contributed by atoms with E-state index in [1.807, 2.05) is 60.7 Å². The van der Waals surface area contributed by atoms with Gasteiger partial charge >= 0.3 is 0 Å². The Morgan fingerprint density at radius 2 is 1.61 bits per heavy atom. The van der Waals surface area contributed by atoms with Crippen LogP contribution >= 0.6 is 15.9 Å². The van der Waals surface area contributed by atoms with Crippen LogP contribution in [0, 0.1) is 11.8 Å². The number of hydrogen-bond donors (Lipinski definition) is 1. The first-order valence-corrected chi connectivity index (χ1v) is 18.2. The molecule has 11 heteroatoms. The summed E-state index contributed by atoms with van der Waals surface area (Å²) in [7, 11) is 0. The van der Waals surface area contributed by atoms with Gasteiger partial charge in [0, 0.05) is 50.6 Å². The van der Waals surface area contributed by atoms with Gasteiger partial charge in [-0.1, -0.05) is 88.7 Å². The lowest BCUT2D eigenvalue weighted by Crippen LogP contribution is -2.60. The highest BCUT2D eigenvalue weighted by Gasteiger charge is 2.77. The summed E-state index contributed by atoms with van der Waals surface area (Å²) in [5, 5.41) is 10.9. The van der Waals surface area contributed by atoms with E-state index in [2.05, 4.69) is 34.0 Å². The number of carbonyl (C=O) groups is 3. The number of fused-ring (bicyclic) bond motifs is 1. The SMILES string of the molecule is C=CCN(CCN1CCOCC1)C(=O)C1N([C@@H](CO)Cc2ccccc2)C(=O)[C@@H]2[C@@H](C(=O)N(CC=C)Cc3ccccc3)[C@@H]3OC12CC3Br. The number of carbonyl (C=O) groups excluding carboxylic acids is 3. The van der Waals surface area contributed by atoms with E-state index in [9.17, 15) is 19.5 Å². The second-order valence-corrected chi connectivity index (χ2v) is 14.6. The Balaban J connectivity index is 1.37. The highest BCUT2D eigenvalue weighted by atomic mass is 79.9. The number of hydrogen-bond acceptors (Lipinski definition) is 7. The van der Waals surface area contributed by atoms with Crippen LogP contribution < -0.4 is 0 Å². The first-order chi connectivity index (χ1) is 23.8. The summed E-state index contributed by atoms with van der Waals surface area (Å²) in [5.41, 5.74) is 0.645. The number of amides is 3. The third kappa shape index (κ3) is 7.01. The number of halogens is 1. The molecule has 262 valence electrons. The molecule has 10 nitrogen and oxygen atoms in total. The van der Waals surface area contributed by atoms with Gasteiger partial charge < -0.3 is 29.3 Å². The van der Waals surface area contributed by atoms with Crippen LogP contribution in [0.1, 0.15) is 17.5 Å². The molecule has 7 atom stereocenters. The Hall–Kier alpha value is -3.35. The van der Waals surface area contributed by atoms with Crippen molar-refractivity contribution in [2.75, 3.05) is 59.1 Å². The van der Waals surface area contributed by atoms with Gasteiger partial charge in [-0.2, -0.15) is 0 Å². The molecule has 6 rings (SSSR count). The van der Waals surface area contributed by atoms with Crippen molar-refractivity contribution in [3.05, 3.63) is 97.1 Å². The number of alkyl halides is 1. The molecule has 3 unspecified atom stereocenters. The van der Waals surface area contributed by atoms with Gasteiger partial charge in [-0.15, -0.1) is 13.2 Å². The number of ether oxygens (including phenoxy) is 2. The zero-order valence-corrected chi connectivity index (χ0v) is 29.5. The summed E-state index contributed by atoms with van der Waals surface area (Å²) in [6.07, 6.45) is 3.53. The lowest BCUT2D eigenvalue weighted by atomic mass is 9.70. The number of rotatable bonds is 15. The standard InChI is InChI=1S/C38H47BrN4O6/c1-3-15-41(18-17-40-19-21-48-22-20-40)37(47)34-38-24-30(39)33(49-38)31(35(45)42(16-4-2)25-28-13-9-6-10-14-28)32(38)36(46)43(34)29(26-44)23-27-11-7-5-8-12-27/h3-14,29-34,44H,1-2,15-26H2/t29-,30?,31-,32+,33-,34?,38?/m1/s1. The average molecular weight is 736 g/mol. The van der Waals surface area contributed by atoms with Gasteiger partial charge in [0.25, 0.3) is 0 Å². The molecule has 4 fully saturated rings. The molecule has 4 aliphatic rings. The van der Waals surface area contributed by atoms with E-state index in [0.717, 1.165) is 24.2 Å². The first kappa shape index (κ1) is 35.5. The highest BCUT2D eigenvalue weighted by Crippen LogP contribution is 2.61. The maximum absolute atomic E-state index is 15.0. The van der Waals surface area contributed by atoms with Crippen molar-refractivity contribution in [1.29, 1.82) is 0 Å². The van der Waals surface area contributed by atoms with E-state index >= 15 is 0 Å². The molecule has 2 bridgehead atoms. The molecule has 2 aromatic carbocycles. The molecule has 4 saturated heterocycles.